The Hall–Kier alpha value is -2.38. The molecule has 0 atom stereocenters. The Bertz CT molecular complexity index is 710. The van der Waals surface area contributed by atoms with Crippen molar-refractivity contribution in [2.45, 2.75) is 13.3 Å². The predicted octanol–water partition coefficient (Wildman–Crippen LogP) is 2.54. The van der Waals surface area contributed by atoms with Crippen LogP contribution in [0.1, 0.15) is 34.1 Å². The summed E-state index contributed by atoms with van der Waals surface area (Å²) >= 11 is 5.82. The van der Waals surface area contributed by atoms with Gasteiger partial charge >= 0.3 is 0 Å². The van der Waals surface area contributed by atoms with Crippen molar-refractivity contribution in [1.82, 2.24) is 0 Å². The molecular weight excluding hydrogens is 278 g/mol. The van der Waals surface area contributed by atoms with Crippen LogP contribution < -0.4 is 5.32 Å². The number of carbonyl (C=O) groups excluding carboxylic acids is 3. The minimum Gasteiger partial charge on any atom is -0.325 e. The number of allylic oxidation sites excluding steroid dienone is 2. The van der Waals surface area contributed by atoms with Crippen LogP contribution in [-0.4, -0.2) is 17.5 Å². The number of anilines is 1. The number of ketones is 2. The van der Waals surface area contributed by atoms with Gasteiger partial charge in [0.25, 0.3) is 0 Å². The lowest BCUT2D eigenvalue weighted by Crippen LogP contribution is -2.19. The lowest BCUT2D eigenvalue weighted by molar-refractivity contribution is -0.115. The number of hydrogen-bond acceptors (Lipinski definition) is 3. The van der Waals surface area contributed by atoms with Gasteiger partial charge in [0.1, 0.15) is 0 Å². The van der Waals surface area contributed by atoms with Crippen LogP contribution in [0.15, 0.2) is 28.8 Å². The Morgan fingerprint density at radius 3 is 2.65 bits per heavy atom. The highest BCUT2D eigenvalue weighted by molar-refractivity contribution is 6.50. The van der Waals surface area contributed by atoms with Crippen LogP contribution in [0.2, 0.25) is 0 Å². The van der Waals surface area contributed by atoms with E-state index in [1.165, 1.54) is 25.1 Å². The lowest BCUT2D eigenvalue weighted by atomic mass is 9.89. The first-order valence-corrected chi connectivity index (χ1v) is 6.16. The lowest BCUT2D eigenvalue weighted by Gasteiger charge is -2.16. The number of fused-ring (bicyclic) bond motifs is 1. The van der Waals surface area contributed by atoms with E-state index >= 15 is 0 Å². The van der Waals surface area contributed by atoms with Gasteiger partial charge < -0.3 is 5.32 Å². The van der Waals surface area contributed by atoms with Crippen molar-refractivity contribution in [3.8, 4) is 12.3 Å². The summed E-state index contributed by atoms with van der Waals surface area (Å²) in [6.45, 7) is 1.50. The highest BCUT2D eigenvalue weighted by atomic mass is 35.5. The van der Waals surface area contributed by atoms with Crippen LogP contribution in [0.4, 0.5) is 5.69 Å². The number of terminal acetylenes is 1. The number of rotatable bonds is 2. The van der Waals surface area contributed by atoms with Crippen molar-refractivity contribution in [1.29, 1.82) is 0 Å². The number of benzene rings is 1. The van der Waals surface area contributed by atoms with Crippen molar-refractivity contribution in [3.05, 3.63) is 39.9 Å². The summed E-state index contributed by atoms with van der Waals surface area (Å²) in [6, 6.07) is 4.45. The topological polar surface area (TPSA) is 63.2 Å². The van der Waals surface area contributed by atoms with Crippen LogP contribution in [0.3, 0.4) is 0 Å². The van der Waals surface area contributed by atoms with Crippen LogP contribution in [0, 0.1) is 12.3 Å². The smallest absolute Gasteiger partial charge is 0.236 e. The molecule has 0 fully saturated rings. The maximum atomic E-state index is 12.1. The van der Waals surface area contributed by atoms with E-state index in [-0.39, 0.29) is 45.6 Å². The van der Waals surface area contributed by atoms with E-state index in [0.717, 1.165) is 0 Å². The molecule has 2 rings (SSSR count). The SMILES string of the molecule is C#CCC(=O)Nc1ccc2c(c1)C(=O)C(C)=C(Cl)C2=O. The largest absolute Gasteiger partial charge is 0.325 e. The molecule has 1 aromatic carbocycles. The molecule has 1 aliphatic carbocycles. The molecule has 0 bridgehead atoms. The van der Waals surface area contributed by atoms with Crippen molar-refractivity contribution in [2.75, 3.05) is 5.32 Å². The summed E-state index contributed by atoms with van der Waals surface area (Å²) in [7, 11) is 0. The fourth-order valence-electron chi connectivity index (χ4n) is 1.90. The fourth-order valence-corrected chi connectivity index (χ4v) is 2.08. The molecule has 1 aromatic rings. The molecule has 4 nitrogen and oxygen atoms in total. The molecular formula is C15H10ClNO3. The third-order valence-corrected chi connectivity index (χ3v) is 3.38. The van der Waals surface area contributed by atoms with Gasteiger partial charge in [-0.15, -0.1) is 6.42 Å². The first kappa shape index (κ1) is 14.0. The second-order valence-corrected chi connectivity index (χ2v) is 4.66. The Balaban J connectivity index is 2.40. The molecule has 20 heavy (non-hydrogen) atoms. The van der Waals surface area contributed by atoms with E-state index in [4.69, 9.17) is 18.0 Å². The molecule has 0 saturated heterocycles. The minimum atomic E-state index is -0.389. The zero-order chi connectivity index (χ0) is 14.9. The number of hydrogen-bond donors (Lipinski definition) is 1. The third-order valence-electron chi connectivity index (χ3n) is 2.92. The van der Waals surface area contributed by atoms with Crippen LogP contribution in [-0.2, 0) is 4.79 Å². The zero-order valence-corrected chi connectivity index (χ0v) is 11.4. The molecule has 0 aliphatic heterocycles. The minimum absolute atomic E-state index is 0.0608. The number of carbonyl (C=O) groups is 3. The van der Waals surface area contributed by atoms with Gasteiger partial charge in [0, 0.05) is 22.4 Å². The van der Waals surface area contributed by atoms with Gasteiger partial charge in [0.15, 0.2) is 5.78 Å². The summed E-state index contributed by atoms with van der Waals surface area (Å²) in [5, 5.41) is 2.50. The van der Waals surface area contributed by atoms with Crippen molar-refractivity contribution < 1.29 is 14.4 Å². The van der Waals surface area contributed by atoms with Crippen LogP contribution >= 0.6 is 11.6 Å². The first-order valence-electron chi connectivity index (χ1n) is 5.79. The summed E-state index contributed by atoms with van der Waals surface area (Å²) < 4.78 is 0. The quantitative estimate of drug-likeness (QED) is 0.850. The van der Waals surface area contributed by atoms with E-state index in [2.05, 4.69) is 11.2 Å². The summed E-state index contributed by atoms with van der Waals surface area (Å²) in [4.78, 5) is 35.5. The number of nitrogens with one attached hydrogen (secondary N) is 1. The van der Waals surface area contributed by atoms with E-state index in [0.29, 0.717) is 5.69 Å². The molecule has 0 saturated carbocycles. The monoisotopic (exact) mass is 287 g/mol. The van der Waals surface area contributed by atoms with E-state index in [1.807, 2.05) is 0 Å². The predicted molar refractivity (Wildman–Crippen MR) is 75.7 cm³/mol. The molecule has 0 heterocycles. The number of halogens is 1. The van der Waals surface area contributed by atoms with Gasteiger partial charge in [0.2, 0.25) is 11.7 Å². The van der Waals surface area contributed by atoms with Gasteiger partial charge in [0.05, 0.1) is 11.5 Å². The maximum Gasteiger partial charge on any atom is 0.236 e. The molecule has 1 aliphatic rings. The summed E-state index contributed by atoms with van der Waals surface area (Å²) in [5.74, 6) is 1.16. The van der Waals surface area contributed by atoms with Crippen molar-refractivity contribution in [2.24, 2.45) is 0 Å². The normalized spacial score (nSPS) is 13.8. The van der Waals surface area contributed by atoms with Crippen LogP contribution in [0.5, 0.6) is 0 Å². The average molecular weight is 288 g/mol. The first-order chi connectivity index (χ1) is 9.45. The average Bonchev–Trinajstić information content (AvgIpc) is 2.43. The maximum absolute atomic E-state index is 12.1. The fraction of sp³-hybridized carbons (Fsp3) is 0.133. The van der Waals surface area contributed by atoms with Crippen LogP contribution in [0.25, 0.3) is 0 Å². The van der Waals surface area contributed by atoms with Gasteiger partial charge in [-0.05, 0) is 25.1 Å². The Morgan fingerprint density at radius 1 is 1.30 bits per heavy atom. The molecule has 1 amide bonds. The summed E-state index contributed by atoms with van der Waals surface area (Å²) in [5.41, 5.74) is 1.09. The Labute approximate surface area is 120 Å². The summed E-state index contributed by atoms with van der Waals surface area (Å²) in [6.07, 6.45) is 4.98. The second kappa shape index (κ2) is 5.32. The highest BCUT2D eigenvalue weighted by Gasteiger charge is 2.29. The number of amides is 1. The van der Waals surface area contributed by atoms with E-state index < -0.39 is 0 Å². The van der Waals surface area contributed by atoms with Gasteiger partial charge in [-0.25, -0.2) is 0 Å². The van der Waals surface area contributed by atoms with Gasteiger partial charge in [-0.3, -0.25) is 14.4 Å². The zero-order valence-electron chi connectivity index (χ0n) is 10.6. The van der Waals surface area contributed by atoms with E-state index in [1.54, 1.807) is 0 Å². The Kier molecular flexibility index (Phi) is 3.73. The Morgan fingerprint density at radius 2 is 2.00 bits per heavy atom. The third kappa shape index (κ3) is 2.36. The molecule has 0 radical (unpaired) electrons. The highest BCUT2D eigenvalue weighted by Crippen LogP contribution is 2.30. The van der Waals surface area contributed by atoms with Crippen molar-refractivity contribution >= 4 is 34.8 Å². The molecule has 100 valence electrons. The standard InChI is InChI=1S/C15H10ClNO3/c1-3-4-12(18)17-9-5-6-10-11(7-9)14(19)8(2)13(16)15(10)20/h1,5-7H,4H2,2H3,(H,17,18). The van der Waals surface area contributed by atoms with Crippen molar-refractivity contribution in [3.63, 3.8) is 0 Å². The molecule has 0 unspecified atom stereocenters. The number of Topliss-reactive ketones (excluding diaryl/α,β-unsaturated/α-hetero) is 2. The second-order valence-electron chi connectivity index (χ2n) is 4.29. The molecule has 0 aromatic heterocycles. The molecule has 5 heteroatoms. The molecule has 1 N–H and O–H groups in total. The van der Waals surface area contributed by atoms with Gasteiger partial charge in [-0.1, -0.05) is 17.5 Å². The van der Waals surface area contributed by atoms with Gasteiger partial charge in [-0.2, -0.15) is 0 Å². The van der Waals surface area contributed by atoms with E-state index in [9.17, 15) is 14.4 Å². The molecule has 0 spiro atoms.